The molecule has 4 fully saturated rings. The Morgan fingerprint density at radius 2 is 1.70 bits per heavy atom. The van der Waals surface area contributed by atoms with Gasteiger partial charge in [-0.1, -0.05) is 0 Å². The average Bonchev–Trinajstić information content (AvgIpc) is 2.83. The van der Waals surface area contributed by atoms with E-state index in [1.807, 2.05) is 0 Å². The van der Waals surface area contributed by atoms with Crippen LogP contribution in [0.2, 0.25) is 0 Å². The van der Waals surface area contributed by atoms with Crippen molar-refractivity contribution in [1.82, 2.24) is 4.57 Å². The fraction of sp³-hybridized carbons (Fsp3) is 0.778. The van der Waals surface area contributed by atoms with Crippen LogP contribution < -0.4 is 0 Å². The minimum Gasteiger partial charge on any atom is -0.388 e. The summed E-state index contributed by atoms with van der Waals surface area (Å²) < 4.78 is 2.65. The highest BCUT2D eigenvalue weighted by Gasteiger charge is 2.52. The molecule has 0 saturated heterocycles. The maximum atomic E-state index is 10.2. The van der Waals surface area contributed by atoms with Crippen molar-refractivity contribution in [2.24, 2.45) is 17.8 Å². The minimum absolute atomic E-state index is 0.200. The summed E-state index contributed by atoms with van der Waals surface area (Å²) >= 11 is 0. The predicted molar refractivity (Wildman–Crippen MR) is 78.5 cm³/mol. The Labute approximate surface area is 121 Å². The molecule has 1 N–H and O–H groups in total. The van der Waals surface area contributed by atoms with Crippen molar-refractivity contribution < 1.29 is 5.11 Å². The molecule has 6 rings (SSSR count). The number of aromatic nitrogens is 1. The van der Waals surface area contributed by atoms with Crippen LogP contribution in [-0.4, -0.2) is 9.67 Å². The molecule has 0 amide bonds. The quantitative estimate of drug-likeness (QED) is 0.826. The van der Waals surface area contributed by atoms with Gasteiger partial charge in [0, 0.05) is 23.0 Å². The largest absolute Gasteiger partial charge is 0.388 e. The Morgan fingerprint density at radius 1 is 1.05 bits per heavy atom. The minimum atomic E-state index is -0.200. The highest BCUT2D eigenvalue weighted by molar-refractivity contribution is 5.29. The topological polar surface area (TPSA) is 25.2 Å². The van der Waals surface area contributed by atoms with E-state index in [2.05, 4.69) is 16.8 Å². The molecular weight excluding hydrogens is 246 g/mol. The van der Waals surface area contributed by atoms with E-state index in [1.54, 1.807) is 0 Å². The van der Waals surface area contributed by atoms with E-state index in [-0.39, 0.29) is 6.10 Å². The van der Waals surface area contributed by atoms with E-state index in [4.69, 9.17) is 0 Å². The van der Waals surface area contributed by atoms with Gasteiger partial charge in [0.2, 0.25) is 0 Å². The number of fused-ring (bicyclic) bond motifs is 1. The molecule has 20 heavy (non-hydrogen) atoms. The molecular formula is C18H25NO. The maximum Gasteiger partial charge on any atom is 0.0807 e. The van der Waals surface area contributed by atoms with Gasteiger partial charge in [-0.05, 0) is 81.6 Å². The first-order valence-corrected chi connectivity index (χ1v) is 8.62. The lowest BCUT2D eigenvalue weighted by atomic mass is 9.53. The van der Waals surface area contributed by atoms with Crippen LogP contribution in [0, 0.1) is 17.8 Å². The second kappa shape index (κ2) is 3.91. The first kappa shape index (κ1) is 11.9. The molecule has 5 aliphatic carbocycles. The number of nitrogens with zero attached hydrogens (tertiary/aromatic N) is 1. The van der Waals surface area contributed by atoms with Crippen LogP contribution in [-0.2, 0) is 12.0 Å². The van der Waals surface area contributed by atoms with Crippen molar-refractivity contribution in [2.75, 3.05) is 0 Å². The zero-order chi connectivity index (χ0) is 13.3. The SMILES string of the molecule is OC1CCCc2c1ccn2C12CC3CC(CC(C3)C1)C2. The smallest absolute Gasteiger partial charge is 0.0807 e. The summed E-state index contributed by atoms with van der Waals surface area (Å²) in [5.41, 5.74) is 3.15. The van der Waals surface area contributed by atoms with Gasteiger partial charge in [0.1, 0.15) is 0 Å². The first-order valence-electron chi connectivity index (χ1n) is 8.62. The Balaban J connectivity index is 1.60. The van der Waals surface area contributed by atoms with Crippen molar-refractivity contribution >= 4 is 0 Å². The molecule has 2 heteroatoms. The first-order chi connectivity index (χ1) is 9.73. The molecule has 1 unspecified atom stereocenters. The fourth-order valence-corrected chi connectivity index (χ4v) is 6.47. The van der Waals surface area contributed by atoms with Crippen LogP contribution in [0.25, 0.3) is 0 Å². The lowest BCUT2D eigenvalue weighted by Gasteiger charge is -2.58. The summed E-state index contributed by atoms with van der Waals surface area (Å²) in [5, 5.41) is 10.2. The summed E-state index contributed by atoms with van der Waals surface area (Å²) in [6, 6.07) is 2.22. The maximum absolute atomic E-state index is 10.2. The van der Waals surface area contributed by atoms with Gasteiger partial charge in [0.25, 0.3) is 0 Å². The van der Waals surface area contributed by atoms with Crippen molar-refractivity contribution in [3.63, 3.8) is 0 Å². The molecule has 4 saturated carbocycles. The second-order valence-corrected chi connectivity index (χ2v) is 8.14. The van der Waals surface area contributed by atoms with Gasteiger partial charge >= 0.3 is 0 Å². The molecule has 0 spiro atoms. The van der Waals surface area contributed by atoms with E-state index >= 15 is 0 Å². The lowest BCUT2D eigenvalue weighted by molar-refractivity contribution is -0.0445. The Kier molecular flexibility index (Phi) is 2.32. The summed E-state index contributed by atoms with van der Waals surface area (Å²) in [5.74, 6) is 2.98. The number of aliphatic hydroxyl groups is 1. The Hall–Kier alpha value is -0.760. The molecule has 1 aromatic heterocycles. The van der Waals surface area contributed by atoms with Crippen molar-refractivity contribution in [1.29, 1.82) is 0 Å². The van der Waals surface area contributed by atoms with Crippen LogP contribution in [0.1, 0.15) is 68.7 Å². The monoisotopic (exact) mass is 271 g/mol. The van der Waals surface area contributed by atoms with E-state index in [0.29, 0.717) is 5.54 Å². The highest BCUT2D eigenvalue weighted by atomic mass is 16.3. The van der Waals surface area contributed by atoms with E-state index < -0.39 is 0 Å². The number of rotatable bonds is 1. The van der Waals surface area contributed by atoms with Crippen molar-refractivity contribution in [2.45, 2.75) is 69.4 Å². The summed E-state index contributed by atoms with van der Waals surface area (Å²) in [6.45, 7) is 0. The van der Waals surface area contributed by atoms with Gasteiger partial charge in [-0.15, -0.1) is 0 Å². The molecule has 0 aliphatic heterocycles. The Morgan fingerprint density at radius 3 is 2.35 bits per heavy atom. The van der Waals surface area contributed by atoms with E-state index in [0.717, 1.165) is 30.6 Å². The summed E-state index contributed by atoms with van der Waals surface area (Å²) in [4.78, 5) is 0. The number of hydrogen-bond acceptors (Lipinski definition) is 1. The standard InChI is InChI=1S/C18H25NO/c20-17-3-1-2-16-15(17)4-5-19(16)18-9-12-6-13(10-18)8-14(7-12)11-18/h4-5,12-14,17,20H,1-3,6-11H2. The summed E-state index contributed by atoms with van der Waals surface area (Å²) in [7, 11) is 0. The molecule has 1 aromatic rings. The van der Waals surface area contributed by atoms with Crippen LogP contribution in [0.4, 0.5) is 0 Å². The molecule has 2 nitrogen and oxygen atoms in total. The molecule has 5 aliphatic rings. The molecule has 108 valence electrons. The average molecular weight is 271 g/mol. The Bertz CT molecular complexity index is 508. The number of hydrogen-bond donors (Lipinski definition) is 1. The molecule has 1 atom stereocenters. The molecule has 4 bridgehead atoms. The summed E-state index contributed by atoms with van der Waals surface area (Å²) in [6.07, 6.45) is 14.2. The van der Waals surface area contributed by atoms with Crippen LogP contribution in [0.5, 0.6) is 0 Å². The molecule has 0 aromatic carbocycles. The van der Waals surface area contributed by atoms with Gasteiger partial charge < -0.3 is 9.67 Å². The van der Waals surface area contributed by atoms with Gasteiger partial charge in [-0.3, -0.25) is 0 Å². The van der Waals surface area contributed by atoms with Crippen LogP contribution >= 0.6 is 0 Å². The predicted octanol–water partition coefficient (Wildman–Crippen LogP) is 3.78. The van der Waals surface area contributed by atoms with Crippen molar-refractivity contribution in [3.8, 4) is 0 Å². The zero-order valence-electron chi connectivity index (χ0n) is 12.2. The fourth-order valence-electron chi connectivity index (χ4n) is 6.47. The molecule has 1 heterocycles. The van der Waals surface area contributed by atoms with Gasteiger partial charge in [0.05, 0.1) is 6.10 Å². The van der Waals surface area contributed by atoms with Gasteiger partial charge in [-0.2, -0.15) is 0 Å². The zero-order valence-corrected chi connectivity index (χ0v) is 12.2. The lowest BCUT2D eigenvalue weighted by Crippen LogP contribution is -2.52. The van der Waals surface area contributed by atoms with Crippen molar-refractivity contribution in [3.05, 3.63) is 23.5 Å². The molecule has 0 radical (unpaired) electrons. The normalized spacial score (nSPS) is 45.6. The van der Waals surface area contributed by atoms with Gasteiger partial charge in [0.15, 0.2) is 0 Å². The third kappa shape index (κ3) is 1.49. The highest BCUT2D eigenvalue weighted by Crippen LogP contribution is 2.59. The third-order valence-corrected chi connectivity index (χ3v) is 6.79. The van der Waals surface area contributed by atoms with Crippen LogP contribution in [0.3, 0.4) is 0 Å². The van der Waals surface area contributed by atoms with E-state index in [9.17, 15) is 5.11 Å². The van der Waals surface area contributed by atoms with E-state index in [1.165, 1.54) is 56.2 Å². The third-order valence-electron chi connectivity index (χ3n) is 6.79. The number of aliphatic hydroxyl groups excluding tert-OH is 1. The van der Waals surface area contributed by atoms with Gasteiger partial charge in [-0.25, -0.2) is 0 Å². The second-order valence-electron chi connectivity index (χ2n) is 8.14. The van der Waals surface area contributed by atoms with Crippen LogP contribution in [0.15, 0.2) is 12.3 Å².